The number of allylic oxidation sites excluding steroid dienone is 1. The van der Waals surface area contributed by atoms with E-state index in [4.69, 9.17) is 9.71 Å². The number of carbonyl (C=O) groups is 1. The van der Waals surface area contributed by atoms with Crippen LogP contribution in [0.5, 0.6) is 5.75 Å². The van der Waals surface area contributed by atoms with Crippen molar-refractivity contribution in [2.24, 2.45) is 0 Å². The maximum Gasteiger partial charge on any atom is 0.362 e. The molecule has 0 fully saturated rings. The average Bonchev–Trinajstić information content (AvgIpc) is 2.86. The molecule has 0 atom stereocenters. The van der Waals surface area contributed by atoms with E-state index < -0.39 is 15.9 Å². The molecule has 3 aromatic rings. The van der Waals surface area contributed by atoms with Crippen LogP contribution < -0.4 is 4.18 Å². The zero-order valence-electron chi connectivity index (χ0n) is 18.9. The molecule has 171 valence electrons. The SMILES string of the molecule is CCC(CC)(c1cc[c]cc1)c1ccc(OS(=O)(=O)c2cccc3c2C=CC(=[N+]=[N-])C3=O)cc1. The van der Waals surface area contributed by atoms with Crippen molar-refractivity contribution in [3.63, 3.8) is 0 Å². The number of Topliss-reactive ketones (excluding diaryl/α,β-unsaturated/α-hetero) is 1. The summed E-state index contributed by atoms with van der Waals surface area (Å²) in [4.78, 5) is 15.2. The molecule has 0 heterocycles. The highest BCUT2D eigenvalue weighted by atomic mass is 32.2. The molecule has 3 aromatic carbocycles. The fraction of sp³-hybridized carbons (Fsp3) is 0.185. The lowest BCUT2D eigenvalue weighted by atomic mass is 9.70. The first-order valence-corrected chi connectivity index (χ1v) is 12.4. The topological polar surface area (TPSA) is 96.8 Å². The number of carbonyl (C=O) groups excluding carboxylic acids is 1. The Morgan fingerprint density at radius 1 is 0.941 bits per heavy atom. The minimum absolute atomic E-state index is 0.131. The predicted molar refractivity (Wildman–Crippen MR) is 129 cm³/mol. The molecule has 34 heavy (non-hydrogen) atoms. The Bertz CT molecular complexity index is 1420. The van der Waals surface area contributed by atoms with Crippen molar-refractivity contribution in [3.8, 4) is 5.75 Å². The van der Waals surface area contributed by atoms with E-state index in [-0.39, 0.29) is 32.9 Å². The van der Waals surface area contributed by atoms with Crippen molar-refractivity contribution in [1.29, 1.82) is 0 Å². The van der Waals surface area contributed by atoms with E-state index in [9.17, 15) is 13.2 Å². The zero-order valence-corrected chi connectivity index (χ0v) is 19.7. The number of rotatable bonds is 7. The molecule has 0 spiro atoms. The van der Waals surface area contributed by atoms with Crippen LogP contribution in [-0.4, -0.2) is 24.7 Å². The van der Waals surface area contributed by atoms with E-state index in [1.807, 2.05) is 24.3 Å². The first-order chi connectivity index (χ1) is 16.4. The fourth-order valence-electron chi connectivity index (χ4n) is 4.53. The van der Waals surface area contributed by atoms with Gasteiger partial charge >= 0.3 is 15.8 Å². The Kier molecular flexibility index (Phi) is 6.33. The molecule has 1 aliphatic carbocycles. The van der Waals surface area contributed by atoms with Crippen molar-refractivity contribution >= 4 is 27.7 Å². The van der Waals surface area contributed by atoms with Gasteiger partial charge in [0.2, 0.25) is 0 Å². The number of benzene rings is 3. The summed E-state index contributed by atoms with van der Waals surface area (Å²) in [5.74, 6) is -0.386. The van der Waals surface area contributed by atoms with E-state index in [0.29, 0.717) is 0 Å². The molecule has 7 heteroatoms. The minimum Gasteiger partial charge on any atom is -0.379 e. The molecular weight excluding hydrogens is 448 g/mol. The summed E-state index contributed by atoms with van der Waals surface area (Å²) >= 11 is 0. The summed E-state index contributed by atoms with van der Waals surface area (Å²) < 4.78 is 31.6. The van der Waals surface area contributed by atoms with E-state index in [1.54, 1.807) is 12.1 Å². The molecule has 0 aromatic heterocycles. The smallest absolute Gasteiger partial charge is 0.362 e. The van der Waals surface area contributed by atoms with Crippen LogP contribution in [0.25, 0.3) is 11.6 Å². The number of hydrogen-bond acceptors (Lipinski definition) is 4. The first kappa shape index (κ1) is 23.4. The third kappa shape index (κ3) is 4.00. The lowest BCUT2D eigenvalue weighted by Gasteiger charge is -2.33. The van der Waals surface area contributed by atoms with Gasteiger partial charge in [-0.2, -0.15) is 13.2 Å². The summed E-state index contributed by atoms with van der Waals surface area (Å²) in [6, 6.07) is 22.4. The van der Waals surface area contributed by atoms with Gasteiger partial charge in [0.25, 0.3) is 5.78 Å². The standard InChI is InChI=1S/C27H23N2O4S/c1-3-27(4-2,19-9-6-5-7-10-19)20-13-15-21(16-14-20)33-34(31,32)25-12-8-11-23-22(25)17-18-24(29-28)26(23)30/h6-18H,3-4H2,1-2H3. The number of fused-ring (bicyclic) bond motifs is 1. The number of hydrogen-bond donors (Lipinski definition) is 0. The molecule has 0 saturated carbocycles. The molecule has 1 radical (unpaired) electrons. The van der Waals surface area contributed by atoms with Gasteiger partial charge in [-0.3, -0.25) is 4.79 Å². The Morgan fingerprint density at radius 3 is 2.21 bits per heavy atom. The van der Waals surface area contributed by atoms with Crippen LogP contribution in [0.3, 0.4) is 0 Å². The van der Waals surface area contributed by atoms with Crippen molar-refractivity contribution in [1.82, 2.24) is 0 Å². The van der Waals surface area contributed by atoms with Gasteiger partial charge in [-0.1, -0.05) is 62.4 Å². The van der Waals surface area contributed by atoms with Gasteiger partial charge in [0.15, 0.2) is 0 Å². The quantitative estimate of drug-likeness (QED) is 0.267. The molecular formula is C27H23N2O4S. The Labute approximate surface area is 199 Å². The molecule has 0 bridgehead atoms. The monoisotopic (exact) mass is 471 g/mol. The highest BCUT2D eigenvalue weighted by Gasteiger charge is 2.32. The molecule has 0 saturated heterocycles. The van der Waals surface area contributed by atoms with Crippen LogP contribution in [0, 0.1) is 6.07 Å². The molecule has 6 nitrogen and oxygen atoms in total. The van der Waals surface area contributed by atoms with Gasteiger partial charge in [-0.25, -0.2) is 0 Å². The molecule has 0 N–H and O–H groups in total. The number of nitrogens with zero attached hydrogens (tertiary/aromatic N) is 2. The van der Waals surface area contributed by atoms with Crippen LogP contribution in [0.15, 0.2) is 77.7 Å². The third-order valence-corrected chi connectivity index (χ3v) is 7.73. The molecule has 4 rings (SSSR count). The first-order valence-electron chi connectivity index (χ1n) is 11.0. The van der Waals surface area contributed by atoms with Gasteiger partial charge < -0.3 is 9.71 Å². The molecule has 0 amide bonds. The van der Waals surface area contributed by atoms with Gasteiger partial charge in [0.1, 0.15) is 10.6 Å². The van der Waals surface area contributed by atoms with Crippen molar-refractivity contribution in [2.45, 2.75) is 37.0 Å². The molecule has 1 aliphatic rings. The van der Waals surface area contributed by atoms with E-state index >= 15 is 0 Å². The maximum absolute atomic E-state index is 13.1. The van der Waals surface area contributed by atoms with Crippen LogP contribution in [0.4, 0.5) is 0 Å². The maximum atomic E-state index is 13.1. The highest BCUT2D eigenvalue weighted by Crippen LogP contribution is 2.39. The Hall–Kier alpha value is -3.80. The van der Waals surface area contributed by atoms with E-state index in [1.165, 1.54) is 35.9 Å². The normalized spacial score (nSPS) is 13.4. The van der Waals surface area contributed by atoms with Crippen LogP contribution in [-0.2, 0) is 15.5 Å². The number of ketones is 1. The second-order valence-electron chi connectivity index (χ2n) is 8.00. The second-order valence-corrected chi connectivity index (χ2v) is 9.52. The van der Waals surface area contributed by atoms with E-state index in [0.717, 1.165) is 18.4 Å². The van der Waals surface area contributed by atoms with Gasteiger partial charge in [-0.15, -0.1) is 0 Å². The molecule has 0 aliphatic heterocycles. The lowest BCUT2D eigenvalue weighted by Crippen LogP contribution is -2.26. The highest BCUT2D eigenvalue weighted by molar-refractivity contribution is 7.87. The van der Waals surface area contributed by atoms with Gasteiger partial charge in [-0.05, 0) is 54.3 Å². The van der Waals surface area contributed by atoms with Gasteiger partial charge in [0, 0.05) is 22.6 Å². The third-order valence-electron chi connectivity index (χ3n) is 6.42. The van der Waals surface area contributed by atoms with Crippen LogP contribution in [0.2, 0.25) is 0 Å². The van der Waals surface area contributed by atoms with Crippen molar-refractivity contribution in [2.75, 3.05) is 0 Å². The van der Waals surface area contributed by atoms with Crippen molar-refractivity contribution in [3.05, 3.63) is 107 Å². The zero-order chi connectivity index (χ0) is 24.3. The second kappa shape index (κ2) is 9.21. The summed E-state index contributed by atoms with van der Waals surface area (Å²) in [6.45, 7) is 4.27. The summed E-state index contributed by atoms with van der Waals surface area (Å²) in [5, 5.41) is 0. The van der Waals surface area contributed by atoms with Gasteiger partial charge in [0.05, 0.1) is 0 Å². The fourth-order valence-corrected chi connectivity index (χ4v) is 5.67. The lowest BCUT2D eigenvalue weighted by molar-refractivity contribution is -0.00436. The predicted octanol–water partition coefficient (Wildman–Crippen LogP) is 5.24. The van der Waals surface area contributed by atoms with Crippen LogP contribution in [0.1, 0.15) is 53.7 Å². The Balaban J connectivity index is 1.67. The summed E-state index contributed by atoms with van der Waals surface area (Å²) in [5.41, 5.74) is 11.2. The molecule has 0 unspecified atom stereocenters. The average molecular weight is 472 g/mol. The Morgan fingerprint density at radius 2 is 1.59 bits per heavy atom. The van der Waals surface area contributed by atoms with E-state index in [2.05, 4.69) is 36.8 Å². The minimum atomic E-state index is -4.22. The van der Waals surface area contributed by atoms with Crippen molar-refractivity contribution < 1.29 is 22.2 Å². The van der Waals surface area contributed by atoms with Crippen LogP contribution >= 0.6 is 0 Å². The summed E-state index contributed by atoms with van der Waals surface area (Å²) in [7, 11) is -4.22. The summed E-state index contributed by atoms with van der Waals surface area (Å²) in [6.07, 6.45) is 4.46. The largest absolute Gasteiger partial charge is 0.379 e.